The smallest absolute Gasteiger partial charge is 0.306 e. The molecule has 0 saturated heterocycles. The maximum Gasteiger partial charge on any atom is 0.306 e. The van der Waals surface area contributed by atoms with Crippen LogP contribution in [0, 0.1) is 0 Å². The summed E-state index contributed by atoms with van der Waals surface area (Å²) in [5.41, 5.74) is 9.88. The number of hydrogen-bond donors (Lipinski definition) is 5. The molecule has 0 atom stereocenters. The fourth-order valence-electron chi connectivity index (χ4n) is 7.28. The summed E-state index contributed by atoms with van der Waals surface area (Å²) in [6.45, 7) is 13.3. The van der Waals surface area contributed by atoms with E-state index in [4.69, 9.17) is 34.2 Å². The van der Waals surface area contributed by atoms with Gasteiger partial charge in [-0.25, -0.2) is 4.98 Å². The molecule has 0 unspecified atom stereocenters. The van der Waals surface area contributed by atoms with Gasteiger partial charge in [0.25, 0.3) is 11.8 Å². The van der Waals surface area contributed by atoms with E-state index in [1.165, 1.54) is 12.1 Å². The lowest BCUT2D eigenvalue weighted by molar-refractivity contribution is -0.154. The van der Waals surface area contributed by atoms with Crippen molar-refractivity contribution in [3.05, 3.63) is 119 Å². The summed E-state index contributed by atoms with van der Waals surface area (Å²) in [5.74, 6) is -1.37. The van der Waals surface area contributed by atoms with E-state index in [1.807, 2.05) is 50.5 Å². The number of primary amides is 1. The van der Waals surface area contributed by atoms with Gasteiger partial charge in [-0.2, -0.15) is 5.11 Å². The average molecular weight is 1050 g/mol. The van der Waals surface area contributed by atoms with Gasteiger partial charge < -0.3 is 54.5 Å². The minimum Gasteiger partial charge on any atom is -0.506 e. The van der Waals surface area contributed by atoms with E-state index in [-0.39, 0.29) is 34.7 Å². The van der Waals surface area contributed by atoms with Crippen LogP contribution in [-0.4, -0.2) is 129 Å². The number of azo groups is 1. The van der Waals surface area contributed by atoms with E-state index in [0.29, 0.717) is 146 Å². The van der Waals surface area contributed by atoms with Gasteiger partial charge in [-0.05, 0) is 137 Å². The maximum absolute atomic E-state index is 13.0. The summed E-state index contributed by atoms with van der Waals surface area (Å²) in [5, 5.41) is 27.3. The van der Waals surface area contributed by atoms with Crippen LogP contribution in [0.4, 0.5) is 17.3 Å². The molecule has 1 aromatic heterocycles. The SMILES string of the molecule is CCCn1c(NC(=O)c2cccc(C(N)=O)c2)nc2ccc(/C=C/C(=O)NCCCOCCOCCOCCOCCOCCCNC(=O)c3ccc(N=Nc4cc(CCCC(=O)OC(C)(C)C)ccc4O)cc3)cc21. The van der Waals surface area contributed by atoms with Gasteiger partial charge in [0.05, 0.1) is 69.6 Å². The highest BCUT2D eigenvalue weighted by Gasteiger charge is 2.18. The van der Waals surface area contributed by atoms with Crippen molar-refractivity contribution in [1.82, 2.24) is 20.2 Å². The number of esters is 1. The third-order valence-corrected chi connectivity index (χ3v) is 11.0. The fourth-order valence-corrected chi connectivity index (χ4v) is 7.28. The van der Waals surface area contributed by atoms with Gasteiger partial charge in [-0.15, -0.1) is 5.11 Å². The predicted molar refractivity (Wildman–Crippen MR) is 288 cm³/mol. The number of rotatable bonds is 34. The van der Waals surface area contributed by atoms with Crippen LogP contribution < -0.4 is 21.7 Å². The molecule has 5 rings (SSSR count). The Morgan fingerprint density at radius 3 is 1.96 bits per heavy atom. The van der Waals surface area contributed by atoms with Gasteiger partial charge in [0.15, 0.2) is 0 Å². The second kappa shape index (κ2) is 32.2. The molecule has 76 heavy (non-hydrogen) atoms. The Morgan fingerprint density at radius 2 is 1.33 bits per heavy atom. The molecule has 20 heteroatoms. The van der Waals surface area contributed by atoms with E-state index < -0.39 is 17.4 Å². The van der Waals surface area contributed by atoms with Crippen molar-refractivity contribution in [2.24, 2.45) is 16.0 Å². The summed E-state index contributed by atoms with van der Waals surface area (Å²) >= 11 is 0. The van der Waals surface area contributed by atoms with Crippen molar-refractivity contribution in [3.8, 4) is 5.75 Å². The van der Waals surface area contributed by atoms with Crippen LogP contribution in [0.2, 0.25) is 0 Å². The molecule has 5 aromatic rings. The van der Waals surface area contributed by atoms with Gasteiger partial charge >= 0.3 is 5.97 Å². The summed E-state index contributed by atoms with van der Waals surface area (Å²) in [6.07, 6.45) is 6.77. The van der Waals surface area contributed by atoms with E-state index in [1.54, 1.807) is 66.7 Å². The van der Waals surface area contributed by atoms with Gasteiger partial charge in [0.1, 0.15) is 17.0 Å². The second-order valence-corrected chi connectivity index (χ2v) is 18.4. The molecule has 0 saturated carbocycles. The molecule has 6 N–H and O–H groups in total. The Morgan fingerprint density at radius 1 is 0.697 bits per heavy atom. The number of benzene rings is 4. The van der Waals surface area contributed by atoms with E-state index in [0.717, 1.165) is 23.1 Å². The molecule has 0 bridgehead atoms. The van der Waals surface area contributed by atoms with Crippen LogP contribution in [0.1, 0.15) is 102 Å². The highest BCUT2D eigenvalue weighted by atomic mass is 16.6. The molecule has 0 radical (unpaired) electrons. The molecule has 0 spiro atoms. The Hall–Kier alpha value is -7.36. The number of nitrogens with zero attached hydrogens (tertiary/aromatic N) is 4. The Kier molecular flexibility index (Phi) is 25.2. The molecular formula is C56H72N8O12. The number of phenols is 1. The zero-order valence-corrected chi connectivity index (χ0v) is 44.0. The first-order valence-electron chi connectivity index (χ1n) is 25.6. The number of ether oxygens (including phenoxy) is 6. The molecule has 0 aliphatic rings. The summed E-state index contributed by atoms with van der Waals surface area (Å²) in [6, 6.07) is 23.5. The first-order valence-corrected chi connectivity index (χ1v) is 25.6. The Labute approximate surface area is 443 Å². The lowest BCUT2D eigenvalue weighted by Gasteiger charge is -2.19. The lowest BCUT2D eigenvalue weighted by atomic mass is 10.1. The summed E-state index contributed by atoms with van der Waals surface area (Å²) < 4.78 is 35.1. The van der Waals surface area contributed by atoms with Crippen LogP contribution in [0.3, 0.4) is 0 Å². The van der Waals surface area contributed by atoms with E-state index in [9.17, 15) is 29.1 Å². The average Bonchev–Trinajstić information content (AvgIpc) is 3.74. The fraction of sp³-hybridized carbons (Fsp3) is 0.429. The minimum absolute atomic E-state index is 0.0128. The number of aromatic nitrogens is 2. The maximum atomic E-state index is 13.0. The second-order valence-electron chi connectivity index (χ2n) is 18.4. The summed E-state index contributed by atoms with van der Waals surface area (Å²) in [7, 11) is 0. The molecule has 20 nitrogen and oxygen atoms in total. The Balaban J connectivity index is 0.812. The zero-order valence-electron chi connectivity index (χ0n) is 44.0. The lowest BCUT2D eigenvalue weighted by Crippen LogP contribution is -2.25. The Bertz CT molecular complexity index is 2720. The number of fused-ring (bicyclic) bond motifs is 1. The molecule has 0 aliphatic heterocycles. The topological polar surface area (TPSA) is 266 Å². The molecule has 4 amide bonds. The monoisotopic (exact) mass is 1050 g/mol. The first kappa shape index (κ1) is 59.5. The number of aromatic hydroxyl groups is 1. The molecule has 408 valence electrons. The van der Waals surface area contributed by atoms with Crippen molar-refractivity contribution in [2.45, 2.75) is 78.4 Å². The third-order valence-electron chi connectivity index (χ3n) is 11.0. The number of amides is 4. The number of phenolic OH excluding ortho intramolecular Hbond substituents is 1. The third kappa shape index (κ3) is 21.8. The van der Waals surface area contributed by atoms with Crippen molar-refractivity contribution in [3.63, 3.8) is 0 Å². The van der Waals surface area contributed by atoms with Crippen LogP contribution in [0.25, 0.3) is 17.1 Å². The quantitative estimate of drug-likeness (QED) is 0.0113. The molecule has 0 fully saturated rings. The number of nitrogens with one attached hydrogen (secondary N) is 3. The van der Waals surface area contributed by atoms with Gasteiger partial charge in [-0.1, -0.05) is 25.1 Å². The van der Waals surface area contributed by atoms with Crippen LogP contribution in [0.5, 0.6) is 5.75 Å². The number of nitrogens with two attached hydrogens (primary N) is 1. The molecular weight excluding hydrogens is 977 g/mol. The van der Waals surface area contributed by atoms with Crippen LogP contribution in [-0.2, 0) is 51.0 Å². The number of anilines is 1. The van der Waals surface area contributed by atoms with Crippen molar-refractivity contribution in [1.29, 1.82) is 0 Å². The number of carbonyl (C=O) groups is 5. The molecule has 1 heterocycles. The van der Waals surface area contributed by atoms with Crippen LogP contribution in [0.15, 0.2) is 101 Å². The number of carbonyl (C=O) groups excluding carboxylic acids is 5. The first-order chi connectivity index (χ1) is 36.7. The largest absolute Gasteiger partial charge is 0.506 e. The van der Waals surface area contributed by atoms with Crippen LogP contribution >= 0.6 is 0 Å². The number of imidazole rings is 1. The number of aryl methyl sites for hydroxylation is 2. The van der Waals surface area contributed by atoms with Crippen molar-refractivity contribution >= 4 is 64.0 Å². The van der Waals surface area contributed by atoms with Gasteiger partial charge in [0.2, 0.25) is 17.8 Å². The van der Waals surface area contributed by atoms with Gasteiger partial charge in [0, 0.05) is 62.0 Å². The van der Waals surface area contributed by atoms with Crippen molar-refractivity contribution in [2.75, 3.05) is 84.5 Å². The standard InChI is InChI=1S/C56H72N8O12/c1-5-26-64-48-38-41(14-21-46(48)60-55(64)61-54(70)44-12-7-11-43(39-44)52(57)68)16-23-50(66)58-24-8-27-71-29-31-73-33-35-75-36-34-74-32-30-72-28-9-25-59-53(69)42-17-19-45(20-18-42)62-63-47-37-40(15-22-49(47)65)10-6-13-51(67)76-56(2,3)4/h7,11-12,14-23,37-39,65H,5-6,8-10,13,24-36H2,1-4H3,(H2,57,68)(H,58,66)(H,59,69)(H,60,61,70)/b23-16+,63-62?. The summed E-state index contributed by atoms with van der Waals surface area (Å²) in [4.78, 5) is 66.4. The minimum atomic E-state index is -0.620. The zero-order chi connectivity index (χ0) is 54.5. The molecule has 4 aromatic carbocycles. The number of hydrogen-bond acceptors (Lipinski definition) is 15. The van der Waals surface area contributed by atoms with E-state index in [2.05, 4.69) is 31.2 Å². The van der Waals surface area contributed by atoms with Crippen molar-refractivity contribution < 1.29 is 57.5 Å². The highest BCUT2D eigenvalue weighted by Crippen LogP contribution is 2.30. The normalized spacial score (nSPS) is 11.6. The molecule has 0 aliphatic carbocycles. The van der Waals surface area contributed by atoms with Gasteiger partial charge in [-0.3, -0.25) is 29.3 Å². The van der Waals surface area contributed by atoms with E-state index >= 15 is 0 Å². The predicted octanol–water partition coefficient (Wildman–Crippen LogP) is 8.01. The highest BCUT2D eigenvalue weighted by molar-refractivity contribution is 6.06.